The molecule has 4 heteroatoms. The molecule has 0 aromatic carbocycles. The van der Waals surface area contributed by atoms with Gasteiger partial charge in [-0.1, -0.05) is 111 Å². The summed E-state index contributed by atoms with van der Waals surface area (Å²) in [5.74, 6) is -0.866. The molecule has 0 heterocycles. The molecule has 0 N–H and O–H groups in total. The van der Waals surface area contributed by atoms with Crippen LogP contribution in [0.1, 0.15) is 130 Å². The first-order valence-corrected chi connectivity index (χ1v) is 12.1. The van der Waals surface area contributed by atoms with Crippen molar-refractivity contribution in [1.29, 1.82) is 0 Å². The molecule has 28 heavy (non-hydrogen) atoms. The zero-order valence-electron chi connectivity index (χ0n) is 19.8. The molecule has 0 bridgehead atoms. The van der Waals surface area contributed by atoms with E-state index in [1.54, 1.807) is 0 Å². The summed E-state index contributed by atoms with van der Waals surface area (Å²) in [6.07, 6.45) is 20.6. The Labute approximate surface area is 188 Å². The predicted octanol–water partition coefficient (Wildman–Crippen LogP) is 3.10. The van der Waals surface area contributed by atoms with Gasteiger partial charge in [-0.25, -0.2) is 0 Å². The summed E-state index contributed by atoms with van der Waals surface area (Å²) in [6, 6.07) is -0.384. The molecule has 1 unspecified atom stereocenters. The summed E-state index contributed by atoms with van der Waals surface area (Å²) in [6.45, 7) is 8.47. The van der Waals surface area contributed by atoms with Gasteiger partial charge in [0.15, 0.2) is 0 Å². The summed E-state index contributed by atoms with van der Waals surface area (Å²) >= 11 is 0. The van der Waals surface area contributed by atoms with Crippen LogP contribution in [-0.2, 0) is 4.79 Å². The summed E-state index contributed by atoms with van der Waals surface area (Å²) in [4.78, 5) is 13.9. The first-order chi connectivity index (χ1) is 13.2. The van der Waals surface area contributed by atoms with E-state index in [9.17, 15) is 9.90 Å². The van der Waals surface area contributed by atoms with Crippen molar-refractivity contribution in [1.82, 2.24) is 4.90 Å². The average Bonchev–Trinajstić information content (AvgIpc) is 2.65. The van der Waals surface area contributed by atoms with E-state index in [0.717, 1.165) is 45.2 Å². The van der Waals surface area contributed by atoms with Gasteiger partial charge in [0.2, 0.25) is 0 Å². The molecule has 0 aliphatic carbocycles. The molecular weight excluding hydrogens is 341 g/mol. The molecular formula is C24H48LiNO2. The van der Waals surface area contributed by atoms with E-state index in [1.807, 2.05) is 0 Å². The van der Waals surface area contributed by atoms with Crippen LogP contribution in [0, 0.1) is 0 Å². The van der Waals surface area contributed by atoms with E-state index in [1.165, 1.54) is 77.0 Å². The van der Waals surface area contributed by atoms with Crippen molar-refractivity contribution in [3.8, 4) is 0 Å². The normalized spacial score (nSPS) is 12.1. The number of carbonyl (C=O) groups excluding carboxylic acids is 1. The fourth-order valence-electron chi connectivity index (χ4n) is 3.81. The van der Waals surface area contributed by atoms with Crippen LogP contribution >= 0.6 is 0 Å². The van der Waals surface area contributed by atoms with E-state index >= 15 is 0 Å². The average molecular weight is 390 g/mol. The van der Waals surface area contributed by atoms with Gasteiger partial charge in [0.1, 0.15) is 0 Å². The molecule has 0 aliphatic heterocycles. The van der Waals surface area contributed by atoms with Gasteiger partial charge in [0.25, 0.3) is 0 Å². The number of unbranched alkanes of at least 4 members (excludes halogenated alkanes) is 13. The SMILES string of the molecule is CCCCCCCCCN(CCCCCCCCC)C(CCCC)C(=O)[O-].[Li+]. The summed E-state index contributed by atoms with van der Waals surface area (Å²) in [5.41, 5.74) is 0. The van der Waals surface area contributed by atoms with Crippen LogP contribution in [0.3, 0.4) is 0 Å². The first-order valence-electron chi connectivity index (χ1n) is 12.1. The molecule has 0 saturated carbocycles. The zero-order valence-corrected chi connectivity index (χ0v) is 19.8. The third-order valence-electron chi connectivity index (χ3n) is 5.64. The van der Waals surface area contributed by atoms with Gasteiger partial charge in [0.05, 0.1) is 5.97 Å². The van der Waals surface area contributed by atoms with Gasteiger partial charge in [-0.3, -0.25) is 4.90 Å². The minimum absolute atomic E-state index is 0. The molecule has 0 aliphatic rings. The molecule has 0 rings (SSSR count). The van der Waals surface area contributed by atoms with Gasteiger partial charge in [-0.05, 0) is 32.4 Å². The third-order valence-corrected chi connectivity index (χ3v) is 5.64. The Morgan fingerprint density at radius 2 is 1.00 bits per heavy atom. The summed E-state index contributed by atoms with van der Waals surface area (Å²) in [5, 5.41) is 11.7. The molecule has 3 nitrogen and oxygen atoms in total. The second kappa shape index (κ2) is 23.3. The molecule has 0 saturated heterocycles. The van der Waals surface area contributed by atoms with Crippen molar-refractivity contribution in [3.05, 3.63) is 0 Å². The largest absolute Gasteiger partial charge is 1.00 e. The number of hydrogen-bond acceptors (Lipinski definition) is 3. The number of carboxylic acids is 1. The molecule has 0 aromatic heterocycles. The molecule has 0 radical (unpaired) electrons. The summed E-state index contributed by atoms with van der Waals surface area (Å²) in [7, 11) is 0. The quantitative estimate of drug-likeness (QED) is 0.224. The van der Waals surface area contributed by atoms with E-state index in [-0.39, 0.29) is 24.9 Å². The predicted molar refractivity (Wildman–Crippen MR) is 116 cm³/mol. The van der Waals surface area contributed by atoms with Crippen LogP contribution < -0.4 is 24.0 Å². The van der Waals surface area contributed by atoms with E-state index in [4.69, 9.17) is 0 Å². The Morgan fingerprint density at radius 3 is 1.36 bits per heavy atom. The van der Waals surface area contributed by atoms with E-state index < -0.39 is 5.97 Å². The van der Waals surface area contributed by atoms with Gasteiger partial charge in [-0.2, -0.15) is 0 Å². The van der Waals surface area contributed by atoms with Crippen molar-refractivity contribution in [2.45, 2.75) is 136 Å². The fraction of sp³-hybridized carbons (Fsp3) is 0.958. The molecule has 0 spiro atoms. The number of rotatable bonds is 21. The minimum Gasteiger partial charge on any atom is -0.548 e. The maximum atomic E-state index is 11.7. The van der Waals surface area contributed by atoms with Crippen LogP contribution in [0.5, 0.6) is 0 Å². The Hall–Kier alpha value is 0.0274. The van der Waals surface area contributed by atoms with Crippen LogP contribution in [0.25, 0.3) is 0 Å². The third kappa shape index (κ3) is 18.1. The second-order valence-electron chi connectivity index (χ2n) is 8.26. The van der Waals surface area contributed by atoms with Crippen molar-refractivity contribution in [2.24, 2.45) is 0 Å². The minimum atomic E-state index is -0.866. The van der Waals surface area contributed by atoms with Gasteiger partial charge < -0.3 is 9.90 Å². The van der Waals surface area contributed by atoms with Crippen molar-refractivity contribution in [2.75, 3.05) is 13.1 Å². The molecule has 162 valence electrons. The maximum Gasteiger partial charge on any atom is 1.00 e. The van der Waals surface area contributed by atoms with Crippen LogP contribution in [-0.4, -0.2) is 30.0 Å². The Morgan fingerprint density at radius 1 is 0.643 bits per heavy atom. The Kier molecular flexibility index (Phi) is 25.2. The van der Waals surface area contributed by atoms with E-state index in [0.29, 0.717) is 0 Å². The second-order valence-corrected chi connectivity index (χ2v) is 8.26. The summed E-state index contributed by atoms with van der Waals surface area (Å²) < 4.78 is 0. The smallest absolute Gasteiger partial charge is 0.548 e. The first kappa shape index (κ1) is 30.2. The number of nitrogens with zero attached hydrogens (tertiary/aromatic N) is 1. The number of aliphatic carboxylic acids is 1. The van der Waals surface area contributed by atoms with Crippen LogP contribution in [0.4, 0.5) is 0 Å². The van der Waals surface area contributed by atoms with E-state index in [2.05, 4.69) is 25.7 Å². The maximum absolute atomic E-state index is 11.7. The zero-order chi connectivity index (χ0) is 20.2. The monoisotopic (exact) mass is 389 g/mol. The van der Waals surface area contributed by atoms with Gasteiger partial charge in [0, 0.05) is 6.04 Å². The van der Waals surface area contributed by atoms with Crippen LogP contribution in [0.2, 0.25) is 0 Å². The van der Waals surface area contributed by atoms with Gasteiger partial charge in [-0.15, -0.1) is 0 Å². The molecule has 0 amide bonds. The van der Waals surface area contributed by atoms with Crippen molar-refractivity contribution >= 4 is 5.97 Å². The van der Waals surface area contributed by atoms with Gasteiger partial charge >= 0.3 is 18.9 Å². The molecule has 1 atom stereocenters. The van der Waals surface area contributed by atoms with Crippen molar-refractivity contribution < 1.29 is 28.8 Å². The Bertz CT molecular complexity index is 308. The standard InChI is InChI=1S/C24H49NO2.Li/c1-4-7-10-12-14-16-18-21-25(23(24(26)27)20-9-6-3)22-19-17-15-13-11-8-5-2;/h23H,4-22H2,1-3H3,(H,26,27);/q;+1/p-1. The number of carboxylic acid groups (broad SMARTS) is 1. The number of carbonyl (C=O) groups is 1. The molecule has 0 aromatic rings. The van der Waals surface area contributed by atoms with Crippen LogP contribution in [0.15, 0.2) is 0 Å². The number of hydrogen-bond donors (Lipinski definition) is 0. The topological polar surface area (TPSA) is 43.4 Å². The Balaban J connectivity index is 0. The fourth-order valence-corrected chi connectivity index (χ4v) is 3.81. The van der Waals surface area contributed by atoms with Crippen molar-refractivity contribution in [3.63, 3.8) is 0 Å². The molecule has 0 fully saturated rings.